The third-order valence-corrected chi connectivity index (χ3v) is 6.79. The highest BCUT2D eigenvalue weighted by Gasteiger charge is 2.44. The summed E-state index contributed by atoms with van der Waals surface area (Å²) in [6.45, 7) is 3.92. The first-order valence-electron chi connectivity index (χ1n) is 12.7. The van der Waals surface area contributed by atoms with Crippen LogP contribution in [0.25, 0.3) is 11.0 Å². The Morgan fingerprint density at radius 2 is 1.77 bits per heavy atom. The molecule has 1 aromatic heterocycles. The second kappa shape index (κ2) is 11.0. The summed E-state index contributed by atoms with van der Waals surface area (Å²) >= 11 is 6.20. The standard InChI is InChI=1S/C31H28ClNO7/c1-17(2)39-23-10-6-8-19(13-23)27-26(28(34)24-14-20-12-21(32)15-25(38-4)30(20)40-24)29(35)31(36)33(27)16-18-7-5-9-22(11-18)37-3/h5-15,17,27,35H,16H2,1-4H3. The Kier molecular flexibility index (Phi) is 7.45. The van der Waals surface area contributed by atoms with E-state index in [-0.39, 0.29) is 24.0 Å². The van der Waals surface area contributed by atoms with Crippen molar-refractivity contribution in [3.8, 4) is 17.2 Å². The molecule has 40 heavy (non-hydrogen) atoms. The van der Waals surface area contributed by atoms with Gasteiger partial charge in [0, 0.05) is 23.0 Å². The SMILES string of the molecule is COc1cccc(CN2C(=O)C(O)=C(C(=O)c3cc4cc(Cl)cc(OC)c4o3)C2c2cccc(OC(C)C)c2)c1. The highest BCUT2D eigenvalue weighted by atomic mass is 35.5. The fraction of sp³-hybridized carbons (Fsp3) is 0.226. The molecular formula is C31H28ClNO7. The fourth-order valence-electron chi connectivity index (χ4n) is 4.88. The lowest BCUT2D eigenvalue weighted by molar-refractivity contribution is -0.130. The molecule has 206 valence electrons. The van der Waals surface area contributed by atoms with Gasteiger partial charge in [-0.3, -0.25) is 9.59 Å². The zero-order chi connectivity index (χ0) is 28.6. The number of aliphatic hydroxyl groups is 1. The Balaban J connectivity index is 1.61. The molecule has 3 aromatic carbocycles. The Labute approximate surface area is 236 Å². The molecule has 0 spiro atoms. The summed E-state index contributed by atoms with van der Waals surface area (Å²) in [4.78, 5) is 28.9. The third kappa shape index (κ3) is 5.10. The zero-order valence-corrected chi connectivity index (χ0v) is 23.2. The van der Waals surface area contributed by atoms with E-state index in [2.05, 4.69) is 0 Å². The van der Waals surface area contributed by atoms with Crippen LogP contribution < -0.4 is 14.2 Å². The highest BCUT2D eigenvalue weighted by molar-refractivity contribution is 6.31. The van der Waals surface area contributed by atoms with Gasteiger partial charge in [-0.2, -0.15) is 0 Å². The number of methoxy groups -OCH3 is 2. The highest BCUT2D eigenvalue weighted by Crippen LogP contribution is 2.42. The number of rotatable bonds is 9. The number of carbonyl (C=O) groups excluding carboxylic acids is 2. The summed E-state index contributed by atoms with van der Waals surface area (Å²) in [5.74, 6) is -0.459. The van der Waals surface area contributed by atoms with Gasteiger partial charge in [-0.25, -0.2) is 0 Å². The van der Waals surface area contributed by atoms with E-state index < -0.39 is 23.5 Å². The van der Waals surface area contributed by atoms with Gasteiger partial charge < -0.3 is 28.6 Å². The third-order valence-electron chi connectivity index (χ3n) is 6.57. The van der Waals surface area contributed by atoms with Gasteiger partial charge in [0.25, 0.3) is 5.91 Å². The number of furan rings is 1. The second-order valence-electron chi connectivity index (χ2n) is 9.65. The molecule has 0 saturated heterocycles. The molecule has 1 aliphatic rings. The molecule has 1 atom stereocenters. The molecule has 1 unspecified atom stereocenters. The minimum absolute atomic E-state index is 0.0623. The molecular weight excluding hydrogens is 534 g/mol. The van der Waals surface area contributed by atoms with Crippen LogP contribution in [0.5, 0.6) is 17.2 Å². The van der Waals surface area contributed by atoms with Gasteiger partial charge in [-0.15, -0.1) is 0 Å². The Morgan fingerprint density at radius 3 is 2.50 bits per heavy atom. The van der Waals surface area contributed by atoms with Gasteiger partial charge in [0.05, 0.1) is 31.9 Å². The van der Waals surface area contributed by atoms with Crippen LogP contribution in [0.3, 0.4) is 0 Å². The van der Waals surface area contributed by atoms with E-state index >= 15 is 0 Å². The Hall–Kier alpha value is -4.43. The molecule has 0 aliphatic carbocycles. The van der Waals surface area contributed by atoms with E-state index in [4.69, 9.17) is 30.2 Å². The van der Waals surface area contributed by atoms with Crippen LogP contribution >= 0.6 is 11.6 Å². The predicted octanol–water partition coefficient (Wildman–Crippen LogP) is 6.67. The topological polar surface area (TPSA) is 98.4 Å². The van der Waals surface area contributed by atoms with Crippen molar-refractivity contribution in [2.24, 2.45) is 0 Å². The lowest BCUT2D eigenvalue weighted by Crippen LogP contribution is -2.30. The van der Waals surface area contributed by atoms with Crippen LogP contribution in [0.1, 0.15) is 41.6 Å². The van der Waals surface area contributed by atoms with Gasteiger partial charge >= 0.3 is 0 Å². The van der Waals surface area contributed by atoms with E-state index in [1.807, 2.05) is 26.0 Å². The van der Waals surface area contributed by atoms with E-state index in [0.717, 1.165) is 5.56 Å². The maximum absolute atomic E-state index is 14.0. The first-order valence-corrected chi connectivity index (χ1v) is 13.0. The Bertz CT molecular complexity index is 1640. The average molecular weight is 562 g/mol. The van der Waals surface area contributed by atoms with E-state index in [1.54, 1.807) is 55.6 Å². The van der Waals surface area contributed by atoms with Gasteiger partial charge in [0.1, 0.15) is 11.5 Å². The van der Waals surface area contributed by atoms with Crippen LogP contribution in [0.2, 0.25) is 5.02 Å². The van der Waals surface area contributed by atoms with Gasteiger partial charge in [-0.05, 0) is 61.4 Å². The molecule has 9 heteroatoms. The summed E-state index contributed by atoms with van der Waals surface area (Å²) in [5, 5.41) is 12.1. The molecule has 1 N–H and O–H groups in total. The minimum Gasteiger partial charge on any atom is -0.503 e. The predicted molar refractivity (Wildman–Crippen MR) is 150 cm³/mol. The lowest BCUT2D eigenvalue weighted by Gasteiger charge is -2.27. The average Bonchev–Trinajstić information content (AvgIpc) is 3.47. The number of aliphatic hydroxyl groups excluding tert-OH is 1. The van der Waals surface area contributed by atoms with Crippen molar-refractivity contribution >= 4 is 34.3 Å². The number of ketones is 1. The maximum atomic E-state index is 14.0. The van der Waals surface area contributed by atoms with Crippen molar-refractivity contribution in [3.63, 3.8) is 0 Å². The zero-order valence-electron chi connectivity index (χ0n) is 22.4. The van der Waals surface area contributed by atoms with E-state index in [1.165, 1.54) is 18.1 Å². The second-order valence-corrected chi connectivity index (χ2v) is 10.1. The van der Waals surface area contributed by atoms with Crippen LogP contribution in [0.15, 0.2) is 82.5 Å². The van der Waals surface area contributed by atoms with Crippen molar-refractivity contribution in [1.29, 1.82) is 0 Å². The number of carbonyl (C=O) groups is 2. The van der Waals surface area contributed by atoms with Crippen LogP contribution in [0.4, 0.5) is 0 Å². The first-order chi connectivity index (χ1) is 19.2. The normalized spacial score (nSPS) is 15.3. The molecule has 5 rings (SSSR count). The van der Waals surface area contributed by atoms with Crippen LogP contribution in [-0.2, 0) is 11.3 Å². The summed E-state index contributed by atoms with van der Waals surface area (Å²) < 4.78 is 22.5. The number of hydrogen-bond acceptors (Lipinski definition) is 7. The Morgan fingerprint density at radius 1 is 1.02 bits per heavy atom. The van der Waals surface area contributed by atoms with Crippen LogP contribution in [-0.4, -0.2) is 42.0 Å². The summed E-state index contributed by atoms with van der Waals surface area (Å²) in [7, 11) is 3.03. The summed E-state index contributed by atoms with van der Waals surface area (Å²) in [6, 6.07) is 18.2. The quantitative estimate of drug-likeness (QED) is 0.228. The summed E-state index contributed by atoms with van der Waals surface area (Å²) in [5.41, 5.74) is 1.59. The smallest absolute Gasteiger partial charge is 0.290 e. The van der Waals surface area contributed by atoms with E-state index in [9.17, 15) is 14.7 Å². The number of halogens is 1. The van der Waals surface area contributed by atoms with Crippen molar-refractivity contribution in [3.05, 3.63) is 100.0 Å². The molecule has 1 amide bonds. The van der Waals surface area contributed by atoms with Crippen molar-refractivity contribution < 1.29 is 33.3 Å². The van der Waals surface area contributed by atoms with Crippen molar-refractivity contribution in [1.82, 2.24) is 4.90 Å². The number of Topliss-reactive ketones (excluding diaryl/α,β-unsaturated/α-hetero) is 1. The molecule has 4 aromatic rings. The number of fused-ring (bicyclic) bond motifs is 1. The number of ether oxygens (including phenoxy) is 3. The van der Waals surface area contributed by atoms with Gasteiger partial charge in [0.2, 0.25) is 5.78 Å². The minimum atomic E-state index is -0.916. The first kappa shape index (κ1) is 27.1. The number of nitrogens with zero attached hydrogens (tertiary/aromatic N) is 1. The molecule has 2 heterocycles. The number of amides is 1. The van der Waals surface area contributed by atoms with Gasteiger partial charge in [0.15, 0.2) is 22.9 Å². The summed E-state index contributed by atoms with van der Waals surface area (Å²) in [6.07, 6.45) is -0.0873. The molecule has 1 aliphatic heterocycles. The van der Waals surface area contributed by atoms with Crippen molar-refractivity contribution in [2.45, 2.75) is 32.5 Å². The van der Waals surface area contributed by atoms with Gasteiger partial charge in [-0.1, -0.05) is 35.9 Å². The molecule has 8 nitrogen and oxygen atoms in total. The van der Waals surface area contributed by atoms with E-state index in [0.29, 0.717) is 38.8 Å². The van der Waals surface area contributed by atoms with Crippen molar-refractivity contribution in [2.75, 3.05) is 14.2 Å². The lowest BCUT2D eigenvalue weighted by atomic mass is 9.94. The molecule has 0 radical (unpaired) electrons. The fourth-order valence-corrected chi connectivity index (χ4v) is 5.09. The molecule has 0 fully saturated rings. The molecule has 0 bridgehead atoms. The van der Waals surface area contributed by atoms with Crippen LogP contribution in [0, 0.1) is 0 Å². The molecule has 0 saturated carbocycles. The number of benzene rings is 3. The largest absolute Gasteiger partial charge is 0.503 e. The maximum Gasteiger partial charge on any atom is 0.290 e. The monoisotopic (exact) mass is 561 g/mol. The number of hydrogen-bond donors (Lipinski definition) is 1.